The van der Waals surface area contributed by atoms with E-state index >= 15 is 0 Å². The van der Waals surface area contributed by atoms with Crippen molar-refractivity contribution < 1.29 is 19.1 Å². The third kappa shape index (κ3) is 5.29. The van der Waals surface area contributed by atoms with E-state index in [2.05, 4.69) is 5.32 Å². The van der Waals surface area contributed by atoms with Crippen molar-refractivity contribution in [1.82, 2.24) is 15.1 Å². The Balaban J connectivity index is 0.00000280. The Morgan fingerprint density at radius 1 is 1.21 bits per heavy atom. The maximum absolute atomic E-state index is 12.7. The Kier molecular flexibility index (Phi) is 8.38. The second kappa shape index (κ2) is 10.5. The van der Waals surface area contributed by atoms with Gasteiger partial charge in [-0.1, -0.05) is 6.07 Å². The predicted octanol–water partition coefficient (Wildman–Crippen LogP) is 1.48. The Bertz CT molecular complexity index is 685. The van der Waals surface area contributed by atoms with Gasteiger partial charge >= 0.3 is 0 Å². The molecular weight excluding hydrogens is 382 g/mol. The number of carbonyl (C=O) groups is 2. The van der Waals surface area contributed by atoms with Crippen LogP contribution < -0.4 is 14.8 Å². The molecule has 1 N–H and O–H groups in total. The van der Waals surface area contributed by atoms with Crippen LogP contribution in [0.3, 0.4) is 0 Å². The van der Waals surface area contributed by atoms with Crippen molar-refractivity contribution >= 4 is 24.2 Å². The molecular formula is C20H30ClN3O4. The van der Waals surface area contributed by atoms with Crippen LogP contribution in [-0.2, 0) is 16.0 Å². The van der Waals surface area contributed by atoms with Crippen LogP contribution in [0.15, 0.2) is 18.2 Å². The molecule has 156 valence electrons. The van der Waals surface area contributed by atoms with Crippen LogP contribution in [0.2, 0.25) is 0 Å². The number of benzene rings is 1. The van der Waals surface area contributed by atoms with Gasteiger partial charge in [0.15, 0.2) is 11.5 Å². The Hall–Kier alpha value is -1.99. The van der Waals surface area contributed by atoms with Crippen LogP contribution in [0.5, 0.6) is 11.5 Å². The van der Waals surface area contributed by atoms with E-state index in [0.717, 1.165) is 38.0 Å². The highest BCUT2D eigenvalue weighted by Crippen LogP contribution is 2.28. The molecule has 0 radical (unpaired) electrons. The summed E-state index contributed by atoms with van der Waals surface area (Å²) >= 11 is 0. The summed E-state index contributed by atoms with van der Waals surface area (Å²) in [6.07, 6.45) is 3.04. The van der Waals surface area contributed by atoms with Gasteiger partial charge in [-0.05, 0) is 37.0 Å². The molecule has 2 aliphatic heterocycles. The van der Waals surface area contributed by atoms with Crippen LogP contribution in [0, 0.1) is 0 Å². The molecule has 2 aliphatic rings. The average Bonchev–Trinajstić information content (AvgIpc) is 2.72. The molecule has 0 aliphatic carbocycles. The van der Waals surface area contributed by atoms with Crippen LogP contribution >= 0.6 is 12.4 Å². The van der Waals surface area contributed by atoms with Gasteiger partial charge in [0.1, 0.15) is 0 Å². The third-order valence-electron chi connectivity index (χ3n) is 5.39. The van der Waals surface area contributed by atoms with Gasteiger partial charge in [-0.3, -0.25) is 9.59 Å². The predicted molar refractivity (Wildman–Crippen MR) is 109 cm³/mol. The highest BCUT2D eigenvalue weighted by atomic mass is 35.5. The molecule has 1 aromatic carbocycles. The molecule has 7 nitrogen and oxygen atoms in total. The summed E-state index contributed by atoms with van der Waals surface area (Å²) in [6.45, 7) is 3.40. The molecule has 28 heavy (non-hydrogen) atoms. The average molecular weight is 412 g/mol. The number of ether oxygens (including phenoxy) is 2. The summed E-state index contributed by atoms with van der Waals surface area (Å²) in [4.78, 5) is 28.7. The first kappa shape index (κ1) is 22.3. The zero-order valence-corrected chi connectivity index (χ0v) is 17.4. The number of nitrogens with one attached hydrogen (secondary N) is 1. The number of likely N-dealkylation sites (tertiary alicyclic amines) is 1. The van der Waals surface area contributed by atoms with Crippen LogP contribution in [0.25, 0.3) is 0 Å². The van der Waals surface area contributed by atoms with Crippen LogP contribution in [-0.4, -0.2) is 74.6 Å². The second-order valence-electron chi connectivity index (χ2n) is 7.09. The van der Waals surface area contributed by atoms with E-state index in [1.807, 2.05) is 28.0 Å². The lowest BCUT2D eigenvalue weighted by atomic mass is 10.0. The highest BCUT2D eigenvalue weighted by Gasteiger charge is 2.31. The normalized spacial score (nSPS) is 19.8. The van der Waals surface area contributed by atoms with E-state index in [1.54, 1.807) is 14.2 Å². The molecule has 1 aromatic rings. The van der Waals surface area contributed by atoms with Gasteiger partial charge in [0.2, 0.25) is 11.8 Å². The maximum Gasteiger partial charge on any atom is 0.236 e. The summed E-state index contributed by atoms with van der Waals surface area (Å²) in [5.41, 5.74) is 1.05. The lowest BCUT2D eigenvalue weighted by Gasteiger charge is -2.41. The summed E-state index contributed by atoms with van der Waals surface area (Å²) in [7, 11) is 3.22. The van der Waals surface area contributed by atoms with Crippen LogP contribution in [0.1, 0.15) is 24.8 Å². The number of hydrogen-bond donors (Lipinski definition) is 1. The molecule has 0 bridgehead atoms. The van der Waals surface area contributed by atoms with Gasteiger partial charge in [0.05, 0.1) is 20.8 Å². The van der Waals surface area contributed by atoms with Crippen molar-refractivity contribution in [2.45, 2.75) is 31.7 Å². The van der Waals surface area contributed by atoms with E-state index in [0.29, 0.717) is 37.4 Å². The SMILES string of the molecule is COc1ccc(CCC(=O)N2CCCC(N3CCNCC3=O)C2)cc1OC.Cl. The number of nitrogens with zero attached hydrogens (tertiary/aromatic N) is 2. The summed E-state index contributed by atoms with van der Waals surface area (Å²) in [5.74, 6) is 1.66. The number of halogens is 1. The van der Waals surface area contributed by atoms with E-state index in [4.69, 9.17) is 9.47 Å². The molecule has 0 aromatic heterocycles. The molecule has 3 rings (SSSR count). The maximum atomic E-state index is 12.7. The van der Waals surface area contributed by atoms with E-state index < -0.39 is 0 Å². The smallest absolute Gasteiger partial charge is 0.236 e. The Morgan fingerprint density at radius 3 is 2.71 bits per heavy atom. The second-order valence-corrected chi connectivity index (χ2v) is 7.09. The summed E-state index contributed by atoms with van der Waals surface area (Å²) < 4.78 is 10.6. The molecule has 1 atom stereocenters. The van der Waals surface area contributed by atoms with Crippen LogP contribution in [0.4, 0.5) is 0 Å². The van der Waals surface area contributed by atoms with Gasteiger partial charge in [-0.25, -0.2) is 0 Å². The van der Waals surface area contributed by atoms with E-state index in [-0.39, 0.29) is 30.3 Å². The molecule has 2 amide bonds. The van der Waals surface area contributed by atoms with Crippen molar-refractivity contribution in [3.63, 3.8) is 0 Å². The molecule has 2 fully saturated rings. The number of carbonyl (C=O) groups excluding carboxylic acids is 2. The van der Waals surface area contributed by atoms with E-state index in [9.17, 15) is 9.59 Å². The summed E-state index contributed by atoms with van der Waals surface area (Å²) in [5, 5.41) is 3.10. The number of hydrogen-bond acceptors (Lipinski definition) is 5. The first-order valence-electron chi connectivity index (χ1n) is 9.61. The third-order valence-corrected chi connectivity index (χ3v) is 5.39. The number of piperazine rings is 1. The quantitative estimate of drug-likeness (QED) is 0.767. The Morgan fingerprint density at radius 2 is 2.00 bits per heavy atom. The standard InChI is InChI=1S/C20H29N3O4.ClH/c1-26-17-7-5-15(12-18(17)27-2)6-8-19(24)22-10-3-4-16(14-22)23-11-9-21-13-20(23)25;/h5,7,12,16,21H,3-4,6,8-11,13-14H2,1-2H3;1H. The number of amides is 2. The van der Waals surface area contributed by atoms with Crippen molar-refractivity contribution in [2.75, 3.05) is 46.9 Å². The van der Waals surface area contributed by atoms with Gasteiger partial charge in [0.25, 0.3) is 0 Å². The number of rotatable bonds is 6. The number of piperidine rings is 1. The number of methoxy groups -OCH3 is 2. The molecule has 2 saturated heterocycles. The molecule has 2 heterocycles. The fourth-order valence-electron chi connectivity index (χ4n) is 3.89. The fourth-order valence-corrected chi connectivity index (χ4v) is 3.89. The molecule has 8 heteroatoms. The molecule has 0 saturated carbocycles. The van der Waals surface area contributed by atoms with Crippen molar-refractivity contribution in [3.8, 4) is 11.5 Å². The van der Waals surface area contributed by atoms with Crippen molar-refractivity contribution in [3.05, 3.63) is 23.8 Å². The Labute approximate surface area is 172 Å². The van der Waals surface area contributed by atoms with Crippen molar-refractivity contribution in [2.24, 2.45) is 0 Å². The van der Waals surface area contributed by atoms with Gasteiger partial charge in [-0.2, -0.15) is 0 Å². The monoisotopic (exact) mass is 411 g/mol. The summed E-state index contributed by atoms with van der Waals surface area (Å²) in [6, 6.07) is 5.90. The molecule has 1 unspecified atom stereocenters. The molecule has 0 spiro atoms. The largest absolute Gasteiger partial charge is 0.493 e. The zero-order chi connectivity index (χ0) is 19.2. The minimum Gasteiger partial charge on any atom is -0.493 e. The van der Waals surface area contributed by atoms with Gasteiger partial charge in [0, 0.05) is 38.6 Å². The van der Waals surface area contributed by atoms with E-state index in [1.165, 1.54) is 0 Å². The highest BCUT2D eigenvalue weighted by molar-refractivity contribution is 5.85. The minimum absolute atomic E-state index is 0. The first-order valence-corrected chi connectivity index (χ1v) is 9.61. The van der Waals surface area contributed by atoms with Gasteiger partial charge in [-0.15, -0.1) is 12.4 Å². The minimum atomic E-state index is 0. The van der Waals surface area contributed by atoms with Gasteiger partial charge < -0.3 is 24.6 Å². The van der Waals surface area contributed by atoms with Crippen molar-refractivity contribution in [1.29, 1.82) is 0 Å². The zero-order valence-electron chi connectivity index (χ0n) is 16.6. The first-order chi connectivity index (χ1) is 13.1. The number of aryl methyl sites for hydroxylation is 1. The fraction of sp³-hybridized carbons (Fsp3) is 0.600. The topological polar surface area (TPSA) is 71.1 Å². The lowest BCUT2D eigenvalue weighted by molar-refractivity contribution is -0.140. The lowest BCUT2D eigenvalue weighted by Crippen LogP contribution is -2.57.